The smallest absolute Gasteiger partial charge is 0.0635 e. The van der Waals surface area contributed by atoms with Gasteiger partial charge in [-0.05, 0) is 37.5 Å². The van der Waals surface area contributed by atoms with E-state index in [4.69, 9.17) is 5.73 Å². The van der Waals surface area contributed by atoms with Crippen molar-refractivity contribution < 1.29 is 5.11 Å². The molecular weight excluding hydrogens is 212 g/mol. The van der Waals surface area contributed by atoms with Crippen LogP contribution < -0.4 is 10.6 Å². The fraction of sp³-hybridized carbons (Fsp3) is 0.571. The first-order valence-corrected chi connectivity index (χ1v) is 6.46. The molecule has 0 saturated carbocycles. The summed E-state index contributed by atoms with van der Waals surface area (Å²) in [6.45, 7) is 3.31. The topological polar surface area (TPSA) is 49.5 Å². The van der Waals surface area contributed by atoms with Crippen molar-refractivity contribution in [2.45, 2.75) is 38.6 Å². The van der Waals surface area contributed by atoms with Gasteiger partial charge in [0.05, 0.1) is 12.6 Å². The molecule has 0 radical (unpaired) electrons. The Hall–Kier alpha value is -1.22. The second-order valence-corrected chi connectivity index (χ2v) is 4.87. The Balaban J connectivity index is 2.31. The number of nitrogens with two attached hydrogens (primary N) is 1. The van der Waals surface area contributed by atoms with E-state index in [1.54, 1.807) is 0 Å². The molecule has 94 valence electrons. The number of nitrogens with zero attached hydrogens (tertiary/aromatic N) is 1. The Morgan fingerprint density at radius 3 is 2.94 bits per heavy atom. The van der Waals surface area contributed by atoms with Crippen molar-refractivity contribution in [1.29, 1.82) is 0 Å². The summed E-state index contributed by atoms with van der Waals surface area (Å²) in [6.07, 6.45) is 4.74. The third-order valence-electron chi connectivity index (χ3n) is 3.74. The van der Waals surface area contributed by atoms with Crippen LogP contribution in [0.1, 0.15) is 31.2 Å². The summed E-state index contributed by atoms with van der Waals surface area (Å²) < 4.78 is 0. The van der Waals surface area contributed by atoms with Gasteiger partial charge in [0, 0.05) is 17.9 Å². The Morgan fingerprint density at radius 1 is 1.35 bits per heavy atom. The zero-order valence-electron chi connectivity index (χ0n) is 10.5. The Bertz CT molecular complexity index is 378. The monoisotopic (exact) mass is 234 g/mol. The molecule has 3 N–H and O–H groups in total. The maximum atomic E-state index is 9.54. The molecule has 0 aliphatic carbocycles. The van der Waals surface area contributed by atoms with E-state index in [2.05, 4.69) is 17.9 Å². The highest BCUT2D eigenvalue weighted by atomic mass is 16.3. The summed E-state index contributed by atoms with van der Waals surface area (Å²) in [5.41, 5.74) is 9.12. The van der Waals surface area contributed by atoms with E-state index in [-0.39, 0.29) is 12.6 Å². The molecule has 1 aromatic rings. The molecular formula is C14H22N2O. The van der Waals surface area contributed by atoms with Gasteiger partial charge in [0.1, 0.15) is 0 Å². The van der Waals surface area contributed by atoms with Gasteiger partial charge in [0.2, 0.25) is 0 Å². The van der Waals surface area contributed by atoms with Crippen LogP contribution in [-0.2, 0) is 0 Å². The van der Waals surface area contributed by atoms with E-state index in [0.717, 1.165) is 24.2 Å². The standard InChI is InChI=1S/C14H22N2O/c1-11-13(15)7-5-8-14(11)16-9-4-2-3-6-12(16)10-17/h5,7-8,12,17H,2-4,6,9-10,15H2,1H3. The molecule has 1 fully saturated rings. The van der Waals surface area contributed by atoms with Crippen LogP contribution in [0.3, 0.4) is 0 Å². The highest BCUT2D eigenvalue weighted by Gasteiger charge is 2.22. The average Bonchev–Trinajstić information content (AvgIpc) is 2.57. The second-order valence-electron chi connectivity index (χ2n) is 4.87. The molecule has 0 bridgehead atoms. The lowest BCUT2D eigenvalue weighted by Crippen LogP contribution is -2.38. The molecule has 1 aliphatic rings. The minimum atomic E-state index is 0.230. The molecule has 0 aromatic heterocycles. The first kappa shape index (κ1) is 12.2. The van der Waals surface area contributed by atoms with Gasteiger partial charge in [0.25, 0.3) is 0 Å². The SMILES string of the molecule is Cc1c(N)cccc1N1CCCCCC1CO. The molecule has 1 aromatic carbocycles. The summed E-state index contributed by atoms with van der Waals surface area (Å²) in [7, 11) is 0. The van der Waals surface area contributed by atoms with Crippen molar-refractivity contribution >= 4 is 11.4 Å². The largest absolute Gasteiger partial charge is 0.398 e. The summed E-state index contributed by atoms with van der Waals surface area (Å²) in [4.78, 5) is 2.33. The van der Waals surface area contributed by atoms with Gasteiger partial charge in [-0.1, -0.05) is 18.9 Å². The minimum absolute atomic E-state index is 0.230. The lowest BCUT2D eigenvalue weighted by molar-refractivity contribution is 0.255. The zero-order valence-corrected chi connectivity index (χ0v) is 10.5. The number of nitrogen functional groups attached to an aromatic ring is 1. The predicted octanol–water partition coefficient (Wildman–Crippen LogP) is 2.32. The molecule has 1 saturated heterocycles. The van der Waals surface area contributed by atoms with E-state index >= 15 is 0 Å². The van der Waals surface area contributed by atoms with Crippen molar-refractivity contribution in [2.75, 3.05) is 23.8 Å². The van der Waals surface area contributed by atoms with Crippen molar-refractivity contribution in [1.82, 2.24) is 0 Å². The van der Waals surface area contributed by atoms with Gasteiger partial charge in [0.15, 0.2) is 0 Å². The van der Waals surface area contributed by atoms with Crippen LogP contribution in [0.15, 0.2) is 18.2 Å². The molecule has 1 aliphatic heterocycles. The molecule has 1 unspecified atom stereocenters. The van der Waals surface area contributed by atoms with Gasteiger partial charge in [-0.15, -0.1) is 0 Å². The first-order valence-electron chi connectivity index (χ1n) is 6.46. The number of aliphatic hydroxyl groups is 1. The molecule has 0 spiro atoms. The third kappa shape index (κ3) is 2.55. The number of hydrogen-bond acceptors (Lipinski definition) is 3. The fourth-order valence-corrected chi connectivity index (χ4v) is 2.64. The molecule has 2 rings (SSSR count). The molecule has 3 nitrogen and oxygen atoms in total. The number of benzene rings is 1. The Kier molecular flexibility index (Phi) is 3.89. The molecule has 1 atom stereocenters. The predicted molar refractivity (Wildman–Crippen MR) is 72.3 cm³/mol. The number of anilines is 2. The highest BCUT2D eigenvalue weighted by molar-refractivity contribution is 5.64. The van der Waals surface area contributed by atoms with Crippen molar-refractivity contribution in [3.05, 3.63) is 23.8 Å². The lowest BCUT2D eigenvalue weighted by atomic mass is 10.1. The van der Waals surface area contributed by atoms with E-state index in [1.807, 2.05) is 12.1 Å². The van der Waals surface area contributed by atoms with E-state index < -0.39 is 0 Å². The van der Waals surface area contributed by atoms with Crippen LogP contribution in [0.4, 0.5) is 11.4 Å². The van der Waals surface area contributed by atoms with Crippen LogP contribution in [0.2, 0.25) is 0 Å². The number of aliphatic hydroxyl groups excluding tert-OH is 1. The summed E-state index contributed by atoms with van der Waals surface area (Å²) in [5, 5.41) is 9.54. The van der Waals surface area contributed by atoms with Gasteiger partial charge in [-0.25, -0.2) is 0 Å². The van der Waals surface area contributed by atoms with Crippen LogP contribution in [-0.4, -0.2) is 24.3 Å². The second kappa shape index (κ2) is 5.41. The average molecular weight is 234 g/mol. The maximum absolute atomic E-state index is 9.54. The highest BCUT2D eigenvalue weighted by Crippen LogP contribution is 2.29. The van der Waals surface area contributed by atoms with Gasteiger partial charge >= 0.3 is 0 Å². The Labute approximate surface area is 103 Å². The van der Waals surface area contributed by atoms with Gasteiger partial charge in [-0.2, -0.15) is 0 Å². The van der Waals surface area contributed by atoms with E-state index in [1.165, 1.54) is 24.9 Å². The van der Waals surface area contributed by atoms with Crippen molar-refractivity contribution in [3.63, 3.8) is 0 Å². The molecule has 1 heterocycles. The number of rotatable bonds is 2. The van der Waals surface area contributed by atoms with Crippen LogP contribution in [0.25, 0.3) is 0 Å². The lowest BCUT2D eigenvalue weighted by Gasteiger charge is -2.32. The van der Waals surface area contributed by atoms with Crippen molar-refractivity contribution in [3.8, 4) is 0 Å². The first-order chi connectivity index (χ1) is 8.24. The quantitative estimate of drug-likeness (QED) is 0.772. The van der Waals surface area contributed by atoms with Gasteiger partial charge < -0.3 is 15.7 Å². The van der Waals surface area contributed by atoms with E-state index in [9.17, 15) is 5.11 Å². The van der Waals surface area contributed by atoms with Gasteiger partial charge in [-0.3, -0.25) is 0 Å². The maximum Gasteiger partial charge on any atom is 0.0635 e. The van der Waals surface area contributed by atoms with Crippen LogP contribution >= 0.6 is 0 Å². The molecule has 17 heavy (non-hydrogen) atoms. The zero-order chi connectivity index (χ0) is 12.3. The fourth-order valence-electron chi connectivity index (χ4n) is 2.64. The number of hydrogen-bond donors (Lipinski definition) is 2. The molecule has 3 heteroatoms. The molecule has 0 amide bonds. The minimum Gasteiger partial charge on any atom is -0.398 e. The van der Waals surface area contributed by atoms with Crippen molar-refractivity contribution in [2.24, 2.45) is 0 Å². The van der Waals surface area contributed by atoms with E-state index in [0.29, 0.717) is 0 Å². The third-order valence-corrected chi connectivity index (χ3v) is 3.74. The Morgan fingerprint density at radius 2 is 2.18 bits per heavy atom. The summed E-state index contributed by atoms with van der Waals surface area (Å²) in [5.74, 6) is 0. The summed E-state index contributed by atoms with van der Waals surface area (Å²) in [6, 6.07) is 6.29. The normalized spacial score (nSPS) is 21.3. The van der Waals surface area contributed by atoms with Crippen LogP contribution in [0, 0.1) is 6.92 Å². The summed E-state index contributed by atoms with van der Waals surface area (Å²) >= 11 is 0. The van der Waals surface area contributed by atoms with Crippen LogP contribution in [0.5, 0.6) is 0 Å².